The number of carbonyl (C=O) groups is 1. The van der Waals surface area contributed by atoms with Crippen molar-refractivity contribution < 1.29 is 4.79 Å². The van der Waals surface area contributed by atoms with Gasteiger partial charge in [-0.05, 0) is 31.6 Å². The van der Waals surface area contributed by atoms with E-state index in [1.807, 2.05) is 0 Å². The lowest BCUT2D eigenvalue weighted by molar-refractivity contribution is -0.128. The van der Waals surface area contributed by atoms with E-state index in [1.54, 1.807) is 0 Å². The van der Waals surface area contributed by atoms with Crippen LogP contribution in [-0.2, 0) is 4.79 Å². The van der Waals surface area contributed by atoms with Gasteiger partial charge in [-0.3, -0.25) is 4.79 Å². The van der Waals surface area contributed by atoms with Crippen molar-refractivity contribution in [3.05, 3.63) is 0 Å². The zero-order valence-electron chi connectivity index (χ0n) is 11.4. The third-order valence-electron chi connectivity index (χ3n) is 4.02. The summed E-state index contributed by atoms with van der Waals surface area (Å²) >= 11 is 0. The average molecular weight is 240 g/mol. The zero-order chi connectivity index (χ0) is 12.7. The maximum atomic E-state index is 12.2. The molecule has 1 aliphatic rings. The second kappa shape index (κ2) is 7.00. The van der Waals surface area contributed by atoms with E-state index in [1.165, 1.54) is 12.8 Å². The molecular formula is C14H28N2O. The molecule has 17 heavy (non-hydrogen) atoms. The normalized spacial score (nSPS) is 29.8. The van der Waals surface area contributed by atoms with Crippen LogP contribution in [0.3, 0.4) is 0 Å². The van der Waals surface area contributed by atoms with Gasteiger partial charge in [0.2, 0.25) is 5.91 Å². The van der Waals surface area contributed by atoms with Crippen LogP contribution in [-0.4, -0.2) is 18.0 Å². The van der Waals surface area contributed by atoms with Crippen molar-refractivity contribution in [3.63, 3.8) is 0 Å². The van der Waals surface area contributed by atoms with E-state index < -0.39 is 5.54 Å². The quantitative estimate of drug-likeness (QED) is 0.750. The third kappa shape index (κ3) is 3.70. The molecule has 0 spiro atoms. The fourth-order valence-electron chi connectivity index (χ4n) is 2.80. The first-order chi connectivity index (χ1) is 8.15. The van der Waals surface area contributed by atoms with Crippen molar-refractivity contribution in [2.24, 2.45) is 11.7 Å². The van der Waals surface area contributed by atoms with Gasteiger partial charge in [0.05, 0.1) is 5.54 Å². The summed E-state index contributed by atoms with van der Waals surface area (Å²) in [5.41, 5.74) is 5.85. The molecular weight excluding hydrogens is 212 g/mol. The number of rotatable bonds is 6. The topological polar surface area (TPSA) is 55.1 Å². The van der Waals surface area contributed by atoms with Crippen LogP contribution >= 0.6 is 0 Å². The summed E-state index contributed by atoms with van der Waals surface area (Å²) in [4.78, 5) is 12.2. The highest BCUT2D eigenvalue weighted by atomic mass is 16.2. The molecule has 2 atom stereocenters. The molecule has 1 amide bonds. The predicted molar refractivity (Wildman–Crippen MR) is 71.7 cm³/mol. The Morgan fingerprint density at radius 3 is 2.71 bits per heavy atom. The Morgan fingerprint density at radius 2 is 2.06 bits per heavy atom. The highest BCUT2D eigenvalue weighted by Crippen LogP contribution is 2.31. The molecule has 0 aromatic carbocycles. The highest BCUT2D eigenvalue weighted by Gasteiger charge is 2.41. The lowest BCUT2D eigenvalue weighted by atomic mass is 9.75. The summed E-state index contributed by atoms with van der Waals surface area (Å²) < 4.78 is 0. The molecule has 3 N–H and O–H groups in total. The second-order valence-corrected chi connectivity index (χ2v) is 5.38. The standard InChI is InChI=1S/C14H28N2O/c1-3-5-8-12-9-7-11-16-13(17)14(12,15)10-6-4-2/h12H,3-11,15H2,1-2H3,(H,16,17). The van der Waals surface area contributed by atoms with E-state index in [4.69, 9.17) is 5.73 Å². The van der Waals surface area contributed by atoms with Crippen LogP contribution in [0.1, 0.15) is 65.2 Å². The minimum Gasteiger partial charge on any atom is -0.354 e. The van der Waals surface area contributed by atoms with E-state index in [9.17, 15) is 4.79 Å². The highest BCUT2D eigenvalue weighted by molar-refractivity contribution is 5.86. The van der Waals surface area contributed by atoms with Gasteiger partial charge in [0, 0.05) is 6.54 Å². The molecule has 0 radical (unpaired) electrons. The second-order valence-electron chi connectivity index (χ2n) is 5.38. The Labute approximate surface area is 106 Å². The molecule has 100 valence electrons. The number of unbranched alkanes of at least 4 members (excludes halogenated alkanes) is 2. The summed E-state index contributed by atoms with van der Waals surface area (Å²) in [5, 5.41) is 2.99. The van der Waals surface area contributed by atoms with Gasteiger partial charge in [-0.25, -0.2) is 0 Å². The largest absolute Gasteiger partial charge is 0.354 e. The minimum atomic E-state index is -0.609. The molecule has 3 heteroatoms. The van der Waals surface area contributed by atoms with Crippen LogP contribution in [0.2, 0.25) is 0 Å². The maximum absolute atomic E-state index is 12.2. The molecule has 1 fully saturated rings. The number of amides is 1. The molecule has 0 aromatic rings. The molecule has 1 saturated heterocycles. The van der Waals surface area contributed by atoms with Crippen LogP contribution in [0.4, 0.5) is 0 Å². The predicted octanol–water partition coefficient (Wildman–Crippen LogP) is 2.59. The van der Waals surface area contributed by atoms with Gasteiger partial charge in [0.15, 0.2) is 0 Å². The molecule has 2 unspecified atom stereocenters. The Balaban J connectivity index is 2.74. The summed E-state index contributed by atoms with van der Waals surface area (Å²) in [6.07, 6.45) is 8.63. The molecule has 0 bridgehead atoms. The zero-order valence-corrected chi connectivity index (χ0v) is 11.4. The number of carbonyl (C=O) groups excluding carboxylic acids is 1. The summed E-state index contributed by atoms with van der Waals surface area (Å²) in [7, 11) is 0. The molecule has 0 aromatic heterocycles. The monoisotopic (exact) mass is 240 g/mol. The van der Waals surface area contributed by atoms with E-state index in [0.29, 0.717) is 5.92 Å². The van der Waals surface area contributed by atoms with Gasteiger partial charge in [-0.2, -0.15) is 0 Å². The van der Waals surface area contributed by atoms with E-state index in [-0.39, 0.29) is 5.91 Å². The van der Waals surface area contributed by atoms with E-state index in [2.05, 4.69) is 19.2 Å². The summed E-state index contributed by atoms with van der Waals surface area (Å²) in [5.74, 6) is 0.459. The van der Waals surface area contributed by atoms with Gasteiger partial charge in [0.25, 0.3) is 0 Å². The molecule has 0 aliphatic carbocycles. The Bertz CT molecular complexity index is 242. The maximum Gasteiger partial charge on any atom is 0.240 e. The van der Waals surface area contributed by atoms with E-state index >= 15 is 0 Å². The Morgan fingerprint density at radius 1 is 1.35 bits per heavy atom. The summed E-state index contributed by atoms with van der Waals surface area (Å²) in [6.45, 7) is 5.15. The first kappa shape index (κ1) is 14.5. The number of nitrogens with two attached hydrogens (primary N) is 1. The van der Waals surface area contributed by atoms with Crippen LogP contribution in [0, 0.1) is 5.92 Å². The van der Waals surface area contributed by atoms with Gasteiger partial charge in [-0.1, -0.05) is 39.5 Å². The van der Waals surface area contributed by atoms with Crippen LogP contribution in [0.5, 0.6) is 0 Å². The number of hydrogen-bond donors (Lipinski definition) is 2. The van der Waals surface area contributed by atoms with Crippen LogP contribution < -0.4 is 11.1 Å². The molecule has 0 saturated carbocycles. The number of hydrogen-bond acceptors (Lipinski definition) is 2. The van der Waals surface area contributed by atoms with Crippen LogP contribution in [0.15, 0.2) is 0 Å². The molecule has 1 rings (SSSR count). The smallest absolute Gasteiger partial charge is 0.240 e. The van der Waals surface area contributed by atoms with Gasteiger partial charge in [-0.15, -0.1) is 0 Å². The van der Waals surface area contributed by atoms with E-state index in [0.717, 1.165) is 45.1 Å². The Kier molecular flexibility index (Phi) is 5.96. The summed E-state index contributed by atoms with van der Waals surface area (Å²) in [6, 6.07) is 0. The van der Waals surface area contributed by atoms with Crippen molar-refractivity contribution in [2.45, 2.75) is 70.8 Å². The fraction of sp³-hybridized carbons (Fsp3) is 0.929. The van der Waals surface area contributed by atoms with Gasteiger partial charge in [0.1, 0.15) is 0 Å². The van der Waals surface area contributed by atoms with Crippen molar-refractivity contribution in [2.75, 3.05) is 6.54 Å². The average Bonchev–Trinajstić information content (AvgIpc) is 2.46. The first-order valence-corrected chi connectivity index (χ1v) is 7.22. The van der Waals surface area contributed by atoms with Gasteiger partial charge < -0.3 is 11.1 Å². The lowest BCUT2D eigenvalue weighted by Gasteiger charge is -2.34. The van der Waals surface area contributed by atoms with Crippen LogP contribution in [0.25, 0.3) is 0 Å². The lowest BCUT2D eigenvalue weighted by Crippen LogP contribution is -2.57. The molecule has 1 aliphatic heterocycles. The first-order valence-electron chi connectivity index (χ1n) is 7.22. The SMILES string of the molecule is CCCCC1CCCNC(=O)C1(N)CCCC. The molecule has 3 nitrogen and oxygen atoms in total. The van der Waals surface area contributed by atoms with Crippen molar-refractivity contribution in [1.29, 1.82) is 0 Å². The Hall–Kier alpha value is -0.570. The fourth-order valence-corrected chi connectivity index (χ4v) is 2.80. The van der Waals surface area contributed by atoms with Crippen molar-refractivity contribution >= 4 is 5.91 Å². The number of nitrogens with one attached hydrogen (secondary N) is 1. The molecule has 1 heterocycles. The van der Waals surface area contributed by atoms with Gasteiger partial charge >= 0.3 is 0 Å². The van der Waals surface area contributed by atoms with Crippen molar-refractivity contribution in [1.82, 2.24) is 5.32 Å². The third-order valence-corrected chi connectivity index (χ3v) is 4.02. The minimum absolute atomic E-state index is 0.0875. The van der Waals surface area contributed by atoms with Crippen molar-refractivity contribution in [3.8, 4) is 0 Å².